The fraction of sp³-hybridized carbons (Fsp3) is 0.167. The number of aryl methyl sites for hydroxylation is 1. The first-order valence-corrected chi connectivity index (χ1v) is 6.03. The van der Waals surface area contributed by atoms with Crippen LogP contribution in [0.5, 0.6) is 11.6 Å². The summed E-state index contributed by atoms with van der Waals surface area (Å²) >= 11 is 3.20. The maximum absolute atomic E-state index is 13.2. The quantitative estimate of drug-likeness (QED) is 0.942. The number of rotatable bonds is 3. The second-order valence-corrected chi connectivity index (χ2v) is 4.54. The summed E-state index contributed by atoms with van der Waals surface area (Å²) in [6.45, 7) is 1.83. The molecule has 6 heteroatoms. The molecular formula is C12H11BrFN3O. The molecule has 2 aromatic rings. The third-order valence-corrected chi connectivity index (χ3v) is 2.57. The van der Waals surface area contributed by atoms with Crippen molar-refractivity contribution in [1.29, 1.82) is 0 Å². The van der Waals surface area contributed by atoms with Crippen molar-refractivity contribution in [2.24, 2.45) is 0 Å². The topological polar surface area (TPSA) is 47.0 Å². The molecule has 2 rings (SSSR count). The molecule has 1 N–H and O–H groups in total. The highest BCUT2D eigenvalue weighted by Gasteiger charge is 2.05. The fourth-order valence-corrected chi connectivity index (χ4v) is 1.86. The van der Waals surface area contributed by atoms with Gasteiger partial charge in [0, 0.05) is 29.3 Å². The predicted molar refractivity (Wildman–Crippen MR) is 70.5 cm³/mol. The molecule has 0 saturated heterocycles. The monoisotopic (exact) mass is 311 g/mol. The van der Waals surface area contributed by atoms with Crippen molar-refractivity contribution in [2.75, 3.05) is 12.4 Å². The third-order valence-electron chi connectivity index (χ3n) is 2.11. The molecule has 0 atom stereocenters. The van der Waals surface area contributed by atoms with Gasteiger partial charge in [-0.25, -0.2) is 9.37 Å². The Morgan fingerprint density at radius 3 is 2.67 bits per heavy atom. The number of anilines is 1. The minimum Gasteiger partial charge on any atom is -0.439 e. The number of aromatic nitrogens is 2. The molecule has 0 fully saturated rings. The Balaban J connectivity index is 2.30. The average molecular weight is 312 g/mol. The Morgan fingerprint density at radius 1 is 1.22 bits per heavy atom. The zero-order valence-corrected chi connectivity index (χ0v) is 11.5. The van der Waals surface area contributed by atoms with Crippen molar-refractivity contribution in [3.8, 4) is 11.6 Å². The van der Waals surface area contributed by atoms with Crippen LogP contribution in [-0.2, 0) is 0 Å². The lowest BCUT2D eigenvalue weighted by molar-refractivity contribution is 0.456. The van der Waals surface area contributed by atoms with Crippen LogP contribution in [0.4, 0.5) is 10.3 Å². The highest BCUT2D eigenvalue weighted by molar-refractivity contribution is 9.10. The van der Waals surface area contributed by atoms with E-state index in [9.17, 15) is 4.39 Å². The number of ether oxygens (including phenoxy) is 1. The molecule has 4 nitrogen and oxygen atoms in total. The Kier molecular flexibility index (Phi) is 3.76. The Labute approximate surface area is 112 Å². The van der Waals surface area contributed by atoms with Crippen LogP contribution in [0.1, 0.15) is 5.69 Å². The molecule has 0 unspecified atom stereocenters. The van der Waals surface area contributed by atoms with E-state index in [1.165, 1.54) is 12.1 Å². The van der Waals surface area contributed by atoms with Gasteiger partial charge < -0.3 is 10.1 Å². The number of hydrogen-bond donors (Lipinski definition) is 1. The third kappa shape index (κ3) is 3.16. The highest BCUT2D eigenvalue weighted by atomic mass is 79.9. The van der Waals surface area contributed by atoms with E-state index in [0.717, 1.165) is 5.69 Å². The molecule has 94 valence electrons. The predicted octanol–water partition coefficient (Wildman–Crippen LogP) is 3.52. The van der Waals surface area contributed by atoms with Gasteiger partial charge in [0.1, 0.15) is 11.6 Å². The van der Waals surface area contributed by atoms with Crippen LogP contribution in [0.25, 0.3) is 0 Å². The highest BCUT2D eigenvalue weighted by Crippen LogP contribution is 2.25. The molecule has 0 aliphatic heterocycles. The molecule has 0 aliphatic rings. The minimum absolute atomic E-state index is 0.365. The molecular weight excluding hydrogens is 301 g/mol. The van der Waals surface area contributed by atoms with E-state index in [4.69, 9.17) is 4.74 Å². The van der Waals surface area contributed by atoms with Crippen molar-refractivity contribution in [2.45, 2.75) is 6.92 Å². The van der Waals surface area contributed by atoms with Crippen molar-refractivity contribution < 1.29 is 9.13 Å². The normalized spacial score (nSPS) is 10.2. The van der Waals surface area contributed by atoms with Gasteiger partial charge in [-0.3, -0.25) is 0 Å². The summed E-state index contributed by atoms with van der Waals surface area (Å²) in [5.74, 6) is 0.825. The molecule has 0 aliphatic carbocycles. The first kappa shape index (κ1) is 12.8. The summed E-state index contributed by atoms with van der Waals surface area (Å²) in [6.07, 6.45) is 0. The van der Waals surface area contributed by atoms with Gasteiger partial charge in [-0.1, -0.05) is 15.9 Å². The van der Waals surface area contributed by atoms with E-state index in [1.807, 2.05) is 6.92 Å². The van der Waals surface area contributed by atoms with Gasteiger partial charge in [-0.2, -0.15) is 4.98 Å². The van der Waals surface area contributed by atoms with Crippen LogP contribution in [0, 0.1) is 12.7 Å². The second-order valence-electron chi connectivity index (χ2n) is 3.63. The molecule has 0 radical (unpaired) electrons. The second kappa shape index (κ2) is 5.30. The summed E-state index contributed by atoms with van der Waals surface area (Å²) in [6, 6.07) is 6.00. The Hall–Kier alpha value is -1.69. The Bertz CT molecular complexity index is 557. The lowest BCUT2D eigenvalue weighted by Gasteiger charge is -2.07. The molecule has 1 aromatic heterocycles. The van der Waals surface area contributed by atoms with Crippen molar-refractivity contribution >= 4 is 21.9 Å². The van der Waals surface area contributed by atoms with Gasteiger partial charge in [0.15, 0.2) is 0 Å². The van der Waals surface area contributed by atoms with Crippen LogP contribution in [0.3, 0.4) is 0 Å². The maximum Gasteiger partial charge on any atom is 0.225 e. The minimum atomic E-state index is -0.376. The number of benzene rings is 1. The van der Waals surface area contributed by atoms with Gasteiger partial charge in [0.05, 0.1) is 0 Å². The largest absolute Gasteiger partial charge is 0.439 e. The number of halogens is 2. The molecule has 0 bridgehead atoms. The van der Waals surface area contributed by atoms with E-state index < -0.39 is 0 Å². The van der Waals surface area contributed by atoms with Crippen LogP contribution in [-0.4, -0.2) is 17.0 Å². The van der Waals surface area contributed by atoms with E-state index in [-0.39, 0.29) is 5.82 Å². The standard InChI is InChI=1S/C12H11BrFN3O/c1-7-3-11(17-12(15-2)16-7)18-10-5-8(13)4-9(14)6-10/h3-6H,1-2H3,(H,15,16,17). The first-order chi connectivity index (χ1) is 8.56. The van der Waals surface area contributed by atoms with E-state index in [2.05, 4.69) is 31.2 Å². The van der Waals surface area contributed by atoms with Crippen LogP contribution in [0.2, 0.25) is 0 Å². The van der Waals surface area contributed by atoms with Crippen LogP contribution >= 0.6 is 15.9 Å². The molecule has 1 aromatic carbocycles. The van der Waals surface area contributed by atoms with Gasteiger partial charge in [-0.15, -0.1) is 0 Å². The van der Waals surface area contributed by atoms with E-state index in [0.29, 0.717) is 22.1 Å². The van der Waals surface area contributed by atoms with Crippen LogP contribution < -0.4 is 10.1 Å². The molecule has 1 heterocycles. The summed E-state index contributed by atoms with van der Waals surface area (Å²) in [7, 11) is 1.72. The Morgan fingerprint density at radius 2 is 2.00 bits per heavy atom. The van der Waals surface area contributed by atoms with E-state index in [1.54, 1.807) is 19.2 Å². The molecule has 0 amide bonds. The van der Waals surface area contributed by atoms with Crippen molar-refractivity contribution in [1.82, 2.24) is 9.97 Å². The summed E-state index contributed by atoms with van der Waals surface area (Å²) < 4.78 is 19.3. The SMILES string of the molecule is CNc1nc(C)cc(Oc2cc(F)cc(Br)c2)n1. The molecule has 0 saturated carbocycles. The number of nitrogens with zero attached hydrogens (tertiary/aromatic N) is 2. The van der Waals surface area contributed by atoms with Gasteiger partial charge >= 0.3 is 0 Å². The van der Waals surface area contributed by atoms with Crippen molar-refractivity contribution in [3.63, 3.8) is 0 Å². The smallest absolute Gasteiger partial charge is 0.225 e. The summed E-state index contributed by atoms with van der Waals surface area (Å²) in [5, 5.41) is 2.83. The van der Waals surface area contributed by atoms with Gasteiger partial charge in [0.2, 0.25) is 11.8 Å². The molecule has 18 heavy (non-hydrogen) atoms. The van der Waals surface area contributed by atoms with E-state index >= 15 is 0 Å². The lowest BCUT2D eigenvalue weighted by atomic mass is 10.3. The average Bonchev–Trinajstić information content (AvgIpc) is 2.26. The van der Waals surface area contributed by atoms with Crippen LogP contribution in [0.15, 0.2) is 28.7 Å². The van der Waals surface area contributed by atoms with Gasteiger partial charge in [0.25, 0.3) is 0 Å². The number of nitrogens with one attached hydrogen (secondary N) is 1. The van der Waals surface area contributed by atoms with Gasteiger partial charge in [-0.05, 0) is 19.1 Å². The maximum atomic E-state index is 13.2. The molecule has 0 spiro atoms. The zero-order chi connectivity index (χ0) is 13.1. The zero-order valence-electron chi connectivity index (χ0n) is 9.87. The summed E-state index contributed by atoms with van der Waals surface area (Å²) in [4.78, 5) is 8.27. The van der Waals surface area contributed by atoms with Crippen molar-refractivity contribution in [3.05, 3.63) is 40.2 Å². The summed E-state index contributed by atoms with van der Waals surface area (Å²) in [5.41, 5.74) is 0.764. The lowest BCUT2D eigenvalue weighted by Crippen LogP contribution is -1.99. The first-order valence-electron chi connectivity index (χ1n) is 5.24. The number of hydrogen-bond acceptors (Lipinski definition) is 4. The fourth-order valence-electron chi connectivity index (χ4n) is 1.41.